The minimum Gasteiger partial charge on any atom is -0.478 e. The molecule has 0 heterocycles. The van der Waals surface area contributed by atoms with Gasteiger partial charge in [0.05, 0.1) is 21.1 Å². The van der Waals surface area contributed by atoms with E-state index in [-0.39, 0.29) is 24.6 Å². The molecule has 0 fully saturated rings. The second kappa shape index (κ2) is 9.86. The number of rotatable bonds is 4. The summed E-state index contributed by atoms with van der Waals surface area (Å²) in [6.45, 7) is 8.12. The molecule has 0 bridgehead atoms. The Balaban J connectivity index is -0.000000280. The van der Waals surface area contributed by atoms with Crippen LogP contribution >= 0.6 is 12.4 Å². The summed E-state index contributed by atoms with van der Waals surface area (Å²) in [6.07, 6.45) is 1.87. The van der Waals surface area contributed by atoms with Crippen LogP contribution in [-0.4, -0.2) is 48.9 Å². The number of aliphatic carboxylic acids is 1. The summed E-state index contributed by atoms with van der Waals surface area (Å²) >= 11 is 0. The van der Waals surface area contributed by atoms with E-state index in [4.69, 9.17) is 9.84 Å². The van der Waals surface area contributed by atoms with Gasteiger partial charge < -0.3 is 9.84 Å². The van der Waals surface area contributed by atoms with Gasteiger partial charge in [-0.1, -0.05) is 13.2 Å². The second-order valence-electron chi connectivity index (χ2n) is 3.90. The van der Waals surface area contributed by atoms with Gasteiger partial charge in [0.2, 0.25) is 6.23 Å². The van der Waals surface area contributed by atoms with Gasteiger partial charge in [-0.3, -0.25) is 4.48 Å². The molecule has 0 radical (unpaired) electrons. The summed E-state index contributed by atoms with van der Waals surface area (Å²) in [7, 11) is 5.88. The number of quaternary nitrogens is 1. The van der Waals surface area contributed by atoms with Gasteiger partial charge >= 0.3 is 11.9 Å². The summed E-state index contributed by atoms with van der Waals surface area (Å²) in [5.74, 6) is -1.35. The van der Waals surface area contributed by atoms with Gasteiger partial charge in [-0.25, -0.2) is 9.59 Å². The van der Waals surface area contributed by atoms with Crippen molar-refractivity contribution >= 4 is 24.3 Å². The Morgan fingerprint density at radius 2 is 1.59 bits per heavy atom. The molecule has 0 spiro atoms. The largest absolute Gasteiger partial charge is 0.478 e. The quantitative estimate of drug-likeness (QED) is 0.362. The van der Waals surface area contributed by atoms with Crippen molar-refractivity contribution in [3.8, 4) is 0 Å². The van der Waals surface area contributed by atoms with Gasteiger partial charge in [0.15, 0.2) is 0 Å². The van der Waals surface area contributed by atoms with Crippen LogP contribution in [0.5, 0.6) is 0 Å². The summed E-state index contributed by atoms with van der Waals surface area (Å²) in [4.78, 5) is 20.0. The van der Waals surface area contributed by atoms with Crippen LogP contribution in [-0.2, 0) is 14.3 Å². The van der Waals surface area contributed by atoms with E-state index in [1.54, 1.807) is 0 Å². The van der Waals surface area contributed by atoms with Crippen molar-refractivity contribution in [3.63, 3.8) is 0 Å². The molecule has 0 aromatic heterocycles. The van der Waals surface area contributed by atoms with E-state index in [9.17, 15) is 9.59 Å². The summed E-state index contributed by atoms with van der Waals surface area (Å²) in [5, 5.41) is 7.60. The fraction of sp³-hybridized carbons (Fsp3) is 0.455. The number of hydrogen-bond acceptors (Lipinski definition) is 3. The van der Waals surface area contributed by atoms with Crippen molar-refractivity contribution in [2.45, 2.75) is 13.2 Å². The van der Waals surface area contributed by atoms with Crippen LogP contribution in [0.15, 0.2) is 25.3 Å². The third-order valence-corrected chi connectivity index (χ3v) is 1.72. The molecule has 0 aliphatic carbocycles. The molecule has 1 N–H and O–H groups in total. The first-order chi connectivity index (χ1) is 7.15. The molecule has 0 saturated heterocycles. The number of carbonyl (C=O) groups excluding carboxylic acids is 1. The number of ether oxygens (including phenoxy) is 1. The van der Waals surface area contributed by atoms with Crippen molar-refractivity contribution in [1.29, 1.82) is 0 Å². The first kappa shape index (κ1) is 21.0. The molecule has 0 saturated carbocycles. The number of halogens is 1. The SMILES string of the molecule is C=CC(=O)O.C=CC(=O)OC(C)[N+](C)(C)C.Cl. The Morgan fingerprint density at radius 1 is 1.24 bits per heavy atom. The van der Waals surface area contributed by atoms with Gasteiger partial charge in [-0.15, -0.1) is 12.4 Å². The van der Waals surface area contributed by atoms with Crippen molar-refractivity contribution in [2.24, 2.45) is 0 Å². The van der Waals surface area contributed by atoms with Crippen LogP contribution in [0.3, 0.4) is 0 Å². The first-order valence-electron chi connectivity index (χ1n) is 4.64. The summed E-state index contributed by atoms with van der Waals surface area (Å²) in [5.41, 5.74) is 0. The molecular weight excluding hydrogens is 246 g/mol. The zero-order valence-electron chi connectivity index (χ0n) is 10.7. The third kappa shape index (κ3) is 14.7. The van der Waals surface area contributed by atoms with Crippen LogP contribution < -0.4 is 0 Å². The molecule has 100 valence electrons. The minimum absolute atomic E-state index is 0. The smallest absolute Gasteiger partial charge is 0.334 e. The van der Waals surface area contributed by atoms with Crippen LogP contribution in [0.25, 0.3) is 0 Å². The monoisotopic (exact) mass is 266 g/mol. The van der Waals surface area contributed by atoms with Crippen LogP contribution in [0.1, 0.15) is 6.92 Å². The normalized spacial score (nSPS) is 10.8. The number of nitrogens with zero attached hydrogens (tertiary/aromatic N) is 1. The summed E-state index contributed by atoms with van der Waals surface area (Å²) in [6, 6.07) is 0. The standard InChI is InChI=1S/C8H16NO2.C3H4O2.ClH/c1-6-8(10)11-7(2)9(3,4)5;1-2-3(4)5;/h6-7H,1H2,2-5H3;2H,1H2,(H,4,5);1H/q+1;;. The highest BCUT2D eigenvalue weighted by molar-refractivity contribution is 5.85. The van der Waals surface area contributed by atoms with Crippen molar-refractivity contribution in [1.82, 2.24) is 0 Å². The van der Waals surface area contributed by atoms with E-state index in [1.807, 2.05) is 28.1 Å². The molecule has 0 aliphatic heterocycles. The second-order valence-corrected chi connectivity index (χ2v) is 3.90. The lowest BCUT2D eigenvalue weighted by Crippen LogP contribution is -2.45. The fourth-order valence-electron chi connectivity index (χ4n) is 0.374. The molecule has 5 nitrogen and oxygen atoms in total. The Hall–Kier alpha value is -1.33. The Bertz CT molecular complexity index is 271. The topological polar surface area (TPSA) is 63.6 Å². The lowest BCUT2D eigenvalue weighted by molar-refractivity contribution is -0.914. The average molecular weight is 267 g/mol. The van der Waals surface area contributed by atoms with Gasteiger partial charge in [-0.05, 0) is 0 Å². The maximum atomic E-state index is 10.7. The molecule has 0 aromatic rings. The lowest BCUT2D eigenvalue weighted by Gasteiger charge is -2.29. The molecule has 0 aliphatic rings. The van der Waals surface area contributed by atoms with Crippen LogP contribution in [0, 0.1) is 0 Å². The van der Waals surface area contributed by atoms with Crippen molar-refractivity contribution in [2.75, 3.05) is 21.1 Å². The molecule has 6 heteroatoms. The van der Waals surface area contributed by atoms with Crippen LogP contribution in [0.4, 0.5) is 0 Å². The van der Waals surface area contributed by atoms with Crippen LogP contribution in [0.2, 0.25) is 0 Å². The maximum Gasteiger partial charge on any atom is 0.334 e. The van der Waals surface area contributed by atoms with Gasteiger partial charge in [0.1, 0.15) is 0 Å². The Kier molecular flexibility index (Phi) is 12.2. The molecule has 17 heavy (non-hydrogen) atoms. The molecule has 0 aromatic carbocycles. The van der Waals surface area contributed by atoms with Gasteiger partial charge in [0, 0.05) is 19.1 Å². The van der Waals surface area contributed by atoms with Gasteiger partial charge in [-0.2, -0.15) is 0 Å². The first-order valence-corrected chi connectivity index (χ1v) is 4.64. The Labute approximate surface area is 108 Å². The lowest BCUT2D eigenvalue weighted by atomic mass is 10.5. The molecule has 0 amide bonds. The highest BCUT2D eigenvalue weighted by Gasteiger charge is 2.20. The number of hydrogen-bond donors (Lipinski definition) is 1. The van der Waals surface area contributed by atoms with E-state index in [1.165, 1.54) is 6.08 Å². The van der Waals surface area contributed by atoms with Crippen molar-refractivity contribution in [3.05, 3.63) is 25.3 Å². The van der Waals surface area contributed by atoms with E-state index in [0.717, 1.165) is 6.08 Å². The predicted molar refractivity (Wildman–Crippen MR) is 68.9 cm³/mol. The fourth-order valence-corrected chi connectivity index (χ4v) is 0.374. The number of carbonyl (C=O) groups is 2. The molecule has 1 unspecified atom stereocenters. The molecular formula is C11H21ClNO4+. The summed E-state index contributed by atoms with van der Waals surface area (Å²) < 4.78 is 5.58. The molecule has 1 atom stereocenters. The van der Waals surface area contributed by atoms with Gasteiger partial charge in [0.25, 0.3) is 0 Å². The van der Waals surface area contributed by atoms with E-state index in [2.05, 4.69) is 13.2 Å². The maximum absolute atomic E-state index is 10.7. The van der Waals surface area contributed by atoms with E-state index in [0.29, 0.717) is 4.48 Å². The van der Waals surface area contributed by atoms with E-state index < -0.39 is 5.97 Å². The highest BCUT2D eigenvalue weighted by atomic mass is 35.5. The average Bonchev–Trinajstić information content (AvgIpc) is 2.16. The minimum atomic E-state index is -0.981. The highest BCUT2D eigenvalue weighted by Crippen LogP contribution is 2.03. The number of esters is 1. The number of carboxylic acids is 1. The molecule has 0 rings (SSSR count). The number of carboxylic acid groups (broad SMARTS) is 1. The zero-order valence-corrected chi connectivity index (χ0v) is 11.5. The Morgan fingerprint density at radius 3 is 1.76 bits per heavy atom. The third-order valence-electron chi connectivity index (χ3n) is 1.72. The zero-order chi connectivity index (χ0) is 13.4. The predicted octanol–water partition coefficient (Wildman–Crippen LogP) is 1.45. The van der Waals surface area contributed by atoms with Crippen molar-refractivity contribution < 1.29 is 23.9 Å². The van der Waals surface area contributed by atoms with E-state index >= 15 is 0 Å².